The van der Waals surface area contributed by atoms with Crippen LogP contribution in [0.3, 0.4) is 0 Å². The van der Waals surface area contributed by atoms with Gasteiger partial charge in [-0.15, -0.1) is 0 Å². The van der Waals surface area contributed by atoms with Crippen LogP contribution in [0.2, 0.25) is 0 Å². The summed E-state index contributed by atoms with van der Waals surface area (Å²) in [4.78, 5) is 16.7. The van der Waals surface area contributed by atoms with Crippen LogP contribution >= 0.6 is 0 Å². The third kappa shape index (κ3) is 1.66. The van der Waals surface area contributed by atoms with Crippen molar-refractivity contribution in [2.45, 2.75) is 19.3 Å². The molecule has 0 fully saturated rings. The highest BCUT2D eigenvalue weighted by atomic mass is 19.2. The Labute approximate surface area is 80.0 Å². The van der Waals surface area contributed by atoms with Crippen LogP contribution in [0.1, 0.15) is 19.3 Å². The molecule has 1 aliphatic carbocycles. The molecule has 0 saturated heterocycles. The van der Waals surface area contributed by atoms with Gasteiger partial charge >= 0.3 is 5.69 Å². The summed E-state index contributed by atoms with van der Waals surface area (Å²) in [6, 6.07) is 1.43. The normalized spacial score (nSPS) is 15.4. The smallest absolute Gasteiger partial charge is 0.313 e. The van der Waals surface area contributed by atoms with E-state index in [9.17, 15) is 9.28 Å². The van der Waals surface area contributed by atoms with Crippen molar-refractivity contribution in [1.82, 2.24) is 9.97 Å². The summed E-state index contributed by atoms with van der Waals surface area (Å²) in [5, 5.41) is 0.474. The lowest BCUT2D eigenvalue weighted by Crippen LogP contribution is -2.17. The van der Waals surface area contributed by atoms with Gasteiger partial charge in [0, 0.05) is 11.9 Å². The molecule has 4 nitrogen and oxygen atoms in total. The Morgan fingerprint density at radius 1 is 1.57 bits per heavy atom. The van der Waals surface area contributed by atoms with E-state index in [1.165, 1.54) is 12.3 Å². The van der Waals surface area contributed by atoms with E-state index in [-0.39, 0.29) is 5.82 Å². The maximum absolute atomic E-state index is 13.6. The fraction of sp³-hybridized carbons (Fsp3) is 0.333. The van der Waals surface area contributed by atoms with Gasteiger partial charge in [-0.2, -0.15) is 10.1 Å². The Bertz CT molecular complexity index is 413. The first-order valence-electron chi connectivity index (χ1n) is 4.48. The average Bonchev–Trinajstić information content (AvgIpc) is 2.69. The molecule has 0 atom stereocenters. The second kappa shape index (κ2) is 3.61. The van der Waals surface area contributed by atoms with Gasteiger partial charge in [-0.25, -0.2) is 4.79 Å². The monoisotopic (exact) mass is 195 g/mol. The Hall–Kier alpha value is -1.65. The lowest BCUT2D eigenvalue weighted by atomic mass is 10.3. The van der Waals surface area contributed by atoms with Gasteiger partial charge in [-0.05, 0) is 25.3 Å². The van der Waals surface area contributed by atoms with Gasteiger partial charge in [0.25, 0.3) is 0 Å². The third-order valence-corrected chi connectivity index (χ3v) is 2.13. The van der Waals surface area contributed by atoms with Gasteiger partial charge in [-0.1, -0.05) is 10.6 Å². The molecule has 0 unspecified atom stereocenters. The molecule has 1 aromatic rings. The molecule has 0 aliphatic heterocycles. The first-order valence-corrected chi connectivity index (χ1v) is 4.48. The van der Waals surface area contributed by atoms with E-state index in [0.717, 1.165) is 12.8 Å². The zero-order valence-corrected chi connectivity index (χ0v) is 7.53. The van der Waals surface area contributed by atoms with Crippen LogP contribution in [0.4, 0.5) is 10.3 Å². The van der Waals surface area contributed by atoms with Crippen LogP contribution in [0.25, 0.3) is 0 Å². The van der Waals surface area contributed by atoms with Gasteiger partial charge in [-0.3, -0.25) is 0 Å². The van der Waals surface area contributed by atoms with E-state index >= 15 is 0 Å². The topological polar surface area (TPSA) is 49.0 Å². The molecule has 14 heavy (non-hydrogen) atoms. The van der Waals surface area contributed by atoms with Crippen LogP contribution in [-0.4, -0.2) is 9.97 Å². The molecule has 0 amide bonds. The lowest BCUT2D eigenvalue weighted by molar-refractivity contribution is 0.466. The van der Waals surface area contributed by atoms with Crippen LogP contribution in [0.5, 0.6) is 0 Å². The molecule has 0 aromatic carbocycles. The summed E-state index contributed by atoms with van der Waals surface area (Å²) in [6.45, 7) is 0. The van der Waals surface area contributed by atoms with E-state index in [1.54, 1.807) is 0 Å². The van der Waals surface area contributed by atoms with Crippen molar-refractivity contribution >= 4 is 5.82 Å². The van der Waals surface area contributed by atoms with Gasteiger partial charge in [0.15, 0.2) is 5.82 Å². The molecule has 1 N–H and O–H groups in total. The third-order valence-electron chi connectivity index (χ3n) is 2.13. The Balaban J connectivity index is 2.26. The van der Waals surface area contributed by atoms with Crippen LogP contribution in [0, 0.1) is 0 Å². The number of hydrogen-bond donors (Lipinski definition) is 1. The molecule has 0 saturated carbocycles. The standard InChI is InChI=1S/C9H10FN3O/c10-13(7-3-1-2-4-7)8-5-6-11-9(14)12-8/h3,5-6H,1-2,4H2,(H,11,12,14). The Morgan fingerprint density at radius 3 is 3.07 bits per heavy atom. The van der Waals surface area contributed by atoms with Crippen molar-refractivity contribution in [1.29, 1.82) is 0 Å². The van der Waals surface area contributed by atoms with Gasteiger partial charge < -0.3 is 4.98 Å². The first-order chi connectivity index (χ1) is 6.77. The first kappa shape index (κ1) is 8.93. The minimum Gasteiger partial charge on any atom is -0.313 e. The fourth-order valence-electron chi connectivity index (χ4n) is 1.45. The number of nitrogens with one attached hydrogen (secondary N) is 1. The highest BCUT2D eigenvalue weighted by Gasteiger charge is 2.15. The summed E-state index contributed by atoms with van der Waals surface area (Å²) >= 11 is 0. The van der Waals surface area contributed by atoms with Crippen molar-refractivity contribution in [2.75, 3.05) is 5.12 Å². The van der Waals surface area contributed by atoms with Crippen molar-refractivity contribution in [3.05, 3.63) is 34.5 Å². The molecule has 5 heteroatoms. The van der Waals surface area contributed by atoms with E-state index < -0.39 is 5.69 Å². The van der Waals surface area contributed by atoms with Crippen molar-refractivity contribution in [3.63, 3.8) is 0 Å². The summed E-state index contributed by atoms with van der Waals surface area (Å²) in [7, 11) is 0. The molecule has 74 valence electrons. The number of allylic oxidation sites excluding steroid dienone is 2. The molecule has 1 aromatic heterocycles. The molecule has 0 radical (unpaired) electrons. The predicted molar refractivity (Wildman–Crippen MR) is 50.4 cm³/mol. The second-order valence-corrected chi connectivity index (χ2v) is 3.12. The zero-order valence-electron chi connectivity index (χ0n) is 7.53. The lowest BCUT2D eigenvalue weighted by Gasteiger charge is -2.12. The van der Waals surface area contributed by atoms with Crippen LogP contribution in [-0.2, 0) is 0 Å². The summed E-state index contributed by atoms with van der Waals surface area (Å²) < 4.78 is 13.6. The quantitative estimate of drug-likeness (QED) is 0.728. The minimum absolute atomic E-state index is 0.0434. The van der Waals surface area contributed by atoms with Gasteiger partial charge in [0.2, 0.25) is 0 Å². The van der Waals surface area contributed by atoms with Crippen molar-refractivity contribution < 1.29 is 4.48 Å². The Kier molecular flexibility index (Phi) is 2.30. The number of nitrogens with zero attached hydrogens (tertiary/aromatic N) is 2. The molecule has 1 aliphatic rings. The number of anilines is 1. The summed E-state index contributed by atoms with van der Waals surface area (Å²) in [6.07, 6.45) is 5.75. The van der Waals surface area contributed by atoms with Crippen LogP contribution in [0.15, 0.2) is 28.8 Å². The number of aromatic nitrogens is 2. The number of hydrogen-bond acceptors (Lipinski definition) is 3. The van der Waals surface area contributed by atoms with E-state index in [2.05, 4.69) is 9.97 Å². The molecule has 0 spiro atoms. The van der Waals surface area contributed by atoms with E-state index in [4.69, 9.17) is 0 Å². The second-order valence-electron chi connectivity index (χ2n) is 3.12. The number of halogens is 1. The van der Waals surface area contributed by atoms with Gasteiger partial charge in [0.1, 0.15) is 0 Å². The zero-order chi connectivity index (χ0) is 9.97. The molecular weight excluding hydrogens is 185 g/mol. The number of aromatic amines is 1. The maximum atomic E-state index is 13.6. The minimum atomic E-state index is -0.538. The maximum Gasteiger partial charge on any atom is 0.346 e. The van der Waals surface area contributed by atoms with E-state index in [1.807, 2.05) is 6.08 Å². The average molecular weight is 195 g/mol. The van der Waals surface area contributed by atoms with Crippen molar-refractivity contribution in [3.8, 4) is 0 Å². The Morgan fingerprint density at radius 2 is 2.43 bits per heavy atom. The highest BCUT2D eigenvalue weighted by molar-refractivity contribution is 5.41. The van der Waals surface area contributed by atoms with Crippen molar-refractivity contribution in [2.24, 2.45) is 0 Å². The summed E-state index contributed by atoms with van der Waals surface area (Å²) in [5.41, 5.74) is 0.0480. The molecule has 0 bridgehead atoms. The largest absolute Gasteiger partial charge is 0.346 e. The highest BCUT2D eigenvalue weighted by Crippen LogP contribution is 2.25. The molecule has 1 heterocycles. The summed E-state index contributed by atoms with van der Waals surface area (Å²) in [5.74, 6) is 0.0434. The number of rotatable bonds is 2. The predicted octanol–water partition coefficient (Wildman–Crippen LogP) is 1.53. The molecular formula is C9H10FN3O. The number of H-pyrrole nitrogens is 1. The van der Waals surface area contributed by atoms with E-state index in [0.29, 0.717) is 17.2 Å². The SMILES string of the molecule is O=c1nc(N(F)C2=CCCC2)cc[nH]1. The fourth-order valence-corrected chi connectivity index (χ4v) is 1.45. The molecule has 2 rings (SSSR count). The van der Waals surface area contributed by atoms with Gasteiger partial charge in [0.05, 0.1) is 0 Å². The van der Waals surface area contributed by atoms with Crippen LogP contribution < -0.4 is 10.8 Å².